The highest BCUT2D eigenvalue weighted by molar-refractivity contribution is 7.92. The van der Waals surface area contributed by atoms with Crippen LogP contribution in [-0.2, 0) is 15.4 Å². The number of rotatable bonds is 6. The monoisotopic (exact) mass is 452 g/mol. The molecule has 0 aliphatic carbocycles. The summed E-state index contributed by atoms with van der Waals surface area (Å²) in [6.07, 6.45) is 0. The van der Waals surface area contributed by atoms with Crippen molar-refractivity contribution in [3.8, 4) is 5.75 Å². The average molecular weight is 453 g/mol. The van der Waals surface area contributed by atoms with E-state index in [9.17, 15) is 13.2 Å². The molecule has 0 radical (unpaired) electrons. The van der Waals surface area contributed by atoms with Gasteiger partial charge in [0.25, 0.3) is 15.9 Å². The fraction of sp³-hybridized carbons (Fsp3) is 0.240. The van der Waals surface area contributed by atoms with Crippen molar-refractivity contribution in [1.82, 2.24) is 0 Å². The summed E-state index contributed by atoms with van der Waals surface area (Å²) in [5.41, 5.74) is 3.13. The molecule has 3 aromatic rings. The van der Waals surface area contributed by atoms with Gasteiger partial charge >= 0.3 is 0 Å². The largest absolute Gasteiger partial charge is 0.495 e. The van der Waals surface area contributed by atoms with Crippen LogP contribution in [0.5, 0.6) is 5.75 Å². The van der Waals surface area contributed by atoms with Crippen molar-refractivity contribution in [2.24, 2.45) is 0 Å². The predicted octanol–water partition coefficient (Wildman–Crippen LogP) is 5.35. The third-order valence-corrected chi connectivity index (χ3v) is 6.50. The van der Waals surface area contributed by atoms with Gasteiger partial charge in [-0.25, -0.2) is 8.42 Å². The Morgan fingerprint density at radius 1 is 0.906 bits per heavy atom. The summed E-state index contributed by atoms with van der Waals surface area (Å²) in [5, 5.41) is 2.83. The molecule has 0 unspecified atom stereocenters. The van der Waals surface area contributed by atoms with Crippen LogP contribution in [0.2, 0.25) is 0 Å². The first kappa shape index (κ1) is 23.3. The van der Waals surface area contributed by atoms with Crippen molar-refractivity contribution in [2.45, 2.75) is 38.0 Å². The number of hydrogen-bond donors (Lipinski definition) is 2. The molecule has 0 spiro atoms. The Morgan fingerprint density at radius 3 is 2.19 bits per heavy atom. The molecule has 0 aliphatic rings. The highest BCUT2D eigenvalue weighted by atomic mass is 32.2. The number of ether oxygens (including phenoxy) is 1. The molecule has 0 aromatic heterocycles. The van der Waals surface area contributed by atoms with Gasteiger partial charge in [0.2, 0.25) is 0 Å². The van der Waals surface area contributed by atoms with E-state index < -0.39 is 10.0 Å². The maximum Gasteiger partial charge on any atom is 0.262 e. The van der Waals surface area contributed by atoms with E-state index >= 15 is 0 Å². The quantitative estimate of drug-likeness (QED) is 0.528. The first-order chi connectivity index (χ1) is 15.0. The SMILES string of the molecule is COc1ccccc1NS(=O)(=O)c1ccc(C)c(NC(=O)c2ccc(C(C)(C)C)cc2)c1. The molecule has 0 aliphatic heterocycles. The van der Waals surface area contributed by atoms with Crippen molar-refractivity contribution < 1.29 is 17.9 Å². The normalized spacial score (nSPS) is 11.7. The molecule has 0 saturated heterocycles. The maximum atomic E-state index is 12.9. The molecule has 0 saturated carbocycles. The van der Waals surface area contributed by atoms with Crippen LogP contribution in [0.15, 0.2) is 71.6 Å². The second kappa shape index (κ2) is 9.04. The second-order valence-electron chi connectivity index (χ2n) is 8.56. The lowest BCUT2D eigenvalue weighted by Crippen LogP contribution is -2.16. The van der Waals surface area contributed by atoms with Gasteiger partial charge in [-0.05, 0) is 59.9 Å². The van der Waals surface area contributed by atoms with Gasteiger partial charge in [-0.15, -0.1) is 0 Å². The summed E-state index contributed by atoms with van der Waals surface area (Å²) in [6.45, 7) is 8.13. The van der Waals surface area contributed by atoms with E-state index in [1.54, 1.807) is 42.5 Å². The summed E-state index contributed by atoms with van der Waals surface area (Å²) < 4.78 is 33.6. The zero-order valence-corrected chi connectivity index (χ0v) is 19.7. The first-order valence-corrected chi connectivity index (χ1v) is 11.7. The fourth-order valence-corrected chi connectivity index (χ4v) is 4.25. The Labute approximate surface area is 189 Å². The van der Waals surface area contributed by atoms with Gasteiger partial charge in [-0.3, -0.25) is 9.52 Å². The minimum absolute atomic E-state index is 0.0112. The lowest BCUT2D eigenvalue weighted by Gasteiger charge is -2.19. The van der Waals surface area contributed by atoms with Crippen LogP contribution in [-0.4, -0.2) is 21.4 Å². The molecule has 0 heterocycles. The first-order valence-electron chi connectivity index (χ1n) is 10.2. The highest BCUT2D eigenvalue weighted by Crippen LogP contribution is 2.28. The van der Waals surface area contributed by atoms with E-state index in [0.717, 1.165) is 11.1 Å². The van der Waals surface area contributed by atoms with Crippen molar-refractivity contribution >= 4 is 27.3 Å². The molecule has 3 aromatic carbocycles. The van der Waals surface area contributed by atoms with Crippen LogP contribution in [0.25, 0.3) is 0 Å². The Morgan fingerprint density at radius 2 is 1.56 bits per heavy atom. The molecule has 0 fully saturated rings. The number of sulfonamides is 1. The number of amides is 1. The number of hydrogen-bond acceptors (Lipinski definition) is 4. The predicted molar refractivity (Wildman–Crippen MR) is 128 cm³/mol. The lowest BCUT2D eigenvalue weighted by molar-refractivity contribution is 0.102. The molecule has 0 atom stereocenters. The summed E-state index contributed by atoms with van der Waals surface area (Å²) in [6, 6.07) is 18.8. The second-order valence-corrected chi connectivity index (χ2v) is 10.2. The van der Waals surface area contributed by atoms with E-state index in [1.807, 2.05) is 19.1 Å². The third kappa shape index (κ3) is 5.29. The summed E-state index contributed by atoms with van der Waals surface area (Å²) in [7, 11) is -2.42. The van der Waals surface area contributed by atoms with Gasteiger partial charge in [0.15, 0.2) is 0 Å². The fourth-order valence-electron chi connectivity index (χ4n) is 3.15. The topological polar surface area (TPSA) is 84.5 Å². The van der Waals surface area contributed by atoms with Gasteiger partial charge in [0.05, 0.1) is 17.7 Å². The molecule has 0 bridgehead atoms. The number of benzene rings is 3. The Kier molecular flexibility index (Phi) is 6.60. The highest BCUT2D eigenvalue weighted by Gasteiger charge is 2.19. The lowest BCUT2D eigenvalue weighted by atomic mass is 9.87. The third-order valence-electron chi connectivity index (χ3n) is 5.13. The zero-order valence-electron chi connectivity index (χ0n) is 18.9. The molecular formula is C25H28N2O4S. The van der Waals surface area contributed by atoms with Crippen LogP contribution in [0.1, 0.15) is 42.3 Å². The maximum absolute atomic E-state index is 12.9. The number of carbonyl (C=O) groups is 1. The van der Waals surface area contributed by atoms with E-state index in [2.05, 4.69) is 30.8 Å². The van der Waals surface area contributed by atoms with Crippen molar-refractivity contribution in [2.75, 3.05) is 17.1 Å². The number of aryl methyl sites for hydroxylation is 1. The number of nitrogens with one attached hydrogen (secondary N) is 2. The van der Waals surface area contributed by atoms with Gasteiger partial charge in [-0.2, -0.15) is 0 Å². The molecule has 2 N–H and O–H groups in total. The van der Waals surface area contributed by atoms with Crippen LogP contribution >= 0.6 is 0 Å². The Bertz CT molecular complexity index is 1230. The van der Waals surface area contributed by atoms with Crippen LogP contribution in [0.4, 0.5) is 11.4 Å². The van der Waals surface area contributed by atoms with Gasteiger partial charge < -0.3 is 10.1 Å². The van der Waals surface area contributed by atoms with Gasteiger partial charge in [0.1, 0.15) is 5.75 Å². The van der Waals surface area contributed by atoms with Crippen molar-refractivity contribution in [1.29, 1.82) is 0 Å². The molecule has 7 heteroatoms. The number of methoxy groups -OCH3 is 1. The Balaban J connectivity index is 1.84. The van der Waals surface area contributed by atoms with E-state index in [-0.39, 0.29) is 16.2 Å². The summed E-state index contributed by atoms with van der Waals surface area (Å²) in [4.78, 5) is 12.8. The molecule has 32 heavy (non-hydrogen) atoms. The summed E-state index contributed by atoms with van der Waals surface area (Å²) >= 11 is 0. The number of carbonyl (C=O) groups excluding carboxylic acids is 1. The molecule has 3 rings (SSSR count). The van der Waals surface area contributed by atoms with Crippen LogP contribution in [0.3, 0.4) is 0 Å². The summed E-state index contributed by atoms with van der Waals surface area (Å²) in [5.74, 6) is 0.108. The minimum Gasteiger partial charge on any atom is -0.495 e. The molecular weight excluding hydrogens is 424 g/mol. The molecule has 6 nitrogen and oxygen atoms in total. The number of para-hydroxylation sites is 2. The van der Waals surface area contributed by atoms with Crippen molar-refractivity contribution in [3.63, 3.8) is 0 Å². The zero-order chi connectivity index (χ0) is 23.5. The smallest absolute Gasteiger partial charge is 0.262 e. The van der Waals surface area contributed by atoms with Crippen molar-refractivity contribution in [3.05, 3.63) is 83.4 Å². The van der Waals surface area contributed by atoms with Gasteiger partial charge in [0, 0.05) is 11.3 Å². The van der Waals surface area contributed by atoms with Crippen LogP contribution in [0, 0.1) is 6.92 Å². The average Bonchev–Trinajstić information content (AvgIpc) is 2.74. The van der Waals surface area contributed by atoms with Gasteiger partial charge in [-0.1, -0.05) is 51.1 Å². The molecule has 168 valence electrons. The Hall–Kier alpha value is -3.32. The standard InChI is InChI=1S/C25H28N2O4S/c1-17-10-15-20(32(29,30)27-21-8-6-7-9-23(21)31-5)16-22(17)26-24(28)18-11-13-19(14-12-18)25(2,3)4/h6-16,27H,1-5H3,(H,26,28). The van der Waals surface area contributed by atoms with E-state index in [4.69, 9.17) is 4.74 Å². The minimum atomic E-state index is -3.89. The van der Waals surface area contributed by atoms with E-state index in [1.165, 1.54) is 19.2 Å². The molecule has 1 amide bonds. The van der Waals surface area contributed by atoms with E-state index in [0.29, 0.717) is 22.7 Å². The number of anilines is 2. The van der Waals surface area contributed by atoms with Crippen LogP contribution < -0.4 is 14.8 Å².